The number of aromatic amines is 2. The third-order valence-electron chi connectivity index (χ3n) is 14.0. The number of para-hydroxylation sites is 2. The van der Waals surface area contributed by atoms with Gasteiger partial charge < -0.3 is 30.4 Å². The van der Waals surface area contributed by atoms with Crippen molar-refractivity contribution in [1.29, 1.82) is 0 Å². The Hall–Kier alpha value is -7.32. The van der Waals surface area contributed by atoms with Crippen molar-refractivity contribution in [2.24, 2.45) is 0 Å². The molecule has 0 bridgehead atoms. The van der Waals surface area contributed by atoms with Gasteiger partial charge in [0, 0.05) is 60.3 Å². The summed E-state index contributed by atoms with van der Waals surface area (Å²) in [5.74, 6) is 0.847. The van der Waals surface area contributed by atoms with Crippen molar-refractivity contribution >= 4 is 135 Å². The van der Waals surface area contributed by atoms with Crippen LogP contribution in [0.3, 0.4) is 0 Å². The summed E-state index contributed by atoms with van der Waals surface area (Å²) in [6.07, 6.45) is 1.54. The van der Waals surface area contributed by atoms with E-state index in [1.165, 1.54) is 68.9 Å². The first-order valence-electron chi connectivity index (χ1n) is 27.1. The van der Waals surface area contributed by atoms with Gasteiger partial charge in [0.25, 0.3) is 11.8 Å². The van der Waals surface area contributed by atoms with Crippen LogP contribution in [0.2, 0.25) is 5.02 Å². The zero-order chi connectivity index (χ0) is 60.1. The van der Waals surface area contributed by atoms with Gasteiger partial charge in [-0.05, 0) is 152 Å². The number of amides is 4. The lowest BCUT2D eigenvalue weighted by molar-refractivity contribution is -0.116. The maximum atomic E-state index is 13.5. The van der Waals surface area contributed by atoms with E-state index in [1.54, 1.807) is 48.0 Å². The van der Waals surface area contributed by atoms with Gasteiger partial charge >= 0.3 is 0 Å². The number of ether oxygens (including phenoxy) is 1. The van der Waals surface area contributed by atoms with Crippen molar-refractivity contribution in [2.45, 2.75) is 44.4 Å². The van der Waals surface area contributed by atoms with E-state index >= 15 is 0 Å². The summed E-state index contributed by atoms with van der Waals surface area (Å²) in [6.45, 7) is 7.23. The molecular weight excluding hydrogens is 1280 g/mol. The van der Waals surface area contributed by atoms with Gasteiger partial charge in [-0.25, -0.2) is 4.39 Å². The molecule has 2 saturated heterocycles. The SMILES string of the molecule is COc1cc(C)ccc1N1C(=O)CSC1c1cccc(Br)c1.Cc1[nH]c2ccccc2c1CCNC(=O)c1ccccc1F.Cc1[nH]c2ccccc2c1CCNC(=O)c1cccs1.O=C1CSC(c2cccc(Br)c2)N1c1cc(Cl)ccc1O. The Balaban J connectivity index is 0.000000136. The summed E-state index contributed by atoms with van der Waals surface area (Å²) in [5.41, 5.74) is 11.6. The standard InChI is InChI=1S/C18H17FN2O.C17H16BrNO2S.C16H16N2OS.C15H11BrClNO2S/c1-12-13(14-6-3-5-9-17(14)21-12)10-11-20-18(22)15-7-2-4-8-16(15)19;1-11-6-7-14(15(8-11)21-2)19-16(20)10-22-17(19)12-4-3-5-13(18)9-12;1-11-12(13-5-2-3-6-14(13)18-11)8-9-17-16(19)15-7-4-10-20-15;16-10-3-1-2-9(6-10)15-18(14(20)8-21-15)12-7-11(17)4-5-13(12)19/h2-9,21H,10-11H2,1H3,(H,20,22);3-9,17H,10H2,1-2H3;2-7,10,18H,8-9H2,1H3,(H,17,19);1-7,15,19H,8H2. The number of nitrogens with zero attached hydrogens (tertiary/aromatic N) is 2. The number of aryl methyl sites for hydroxylation is 3. The maximum absolute atomic E-state index is 13.5. The summed E-state index contributed by atoms with van der Waals surface area (Å²) in [7, 11) is 1.64. The van der Waals surface area contributed by atoms with Gasteiger partial charge in [0.2, 0.25) is 11.8 Å². The second-order valence-electron chi connectivity index (χ2n) is 19.8. The number of thioether (sulfide) groups is 2. The number of halogens is 4. The monoisotopic (exact) mass is 1340 g/mol. The molecule has 85 heavy (non-hydrogen) atoms. The molecule has 2 fully saturated rings. The molecule has 2 atom stereocenters. The van der Waals surface area contributed by atoms with Crippen LogP contribution < -0.4 is 25.2 Å². The molecule has 0 aliphatic carbocycles. The number of aromatic hydroxyl groups is 1. The fraction of sp³-hybridized carbons (Fsp3) is 0.182. The number of phenols is 1. The van der Waals surface area contributed by atoms with Gasteiger partial charge in [0.15, 0.2) is 0 Å². The van der Waals surface area contributed by atoms with Gasteiger partial charge in [-0.15, -0.1) is 34.9 Å². The van der Waals surface area contributed by atoms with Crippen LogP contribution in [-0.4, -0.2) is 70.4 Å². The second-order valence-corrected chi connectivity index (χ2v) is 25.1. The molecule has 0 saturated carbocycles. The molecule has 5 N–H and O–H groups in total. The molecule has 7 aromatic carbocycles. The van der Waals surface area contributed by atoms with Gasteiger partial charge in [0.05, 0.1) is 40.4 Å². The van der Waals surface area contributed by atoms with Gasteiger partial charge in [-0.2, -0.15) is 0 Å². The molecule has 10 aromatic rings. The van der Waals surface area contributed by atoms with Gasteiger partial charge in [-0.3, -0.25) is 29.0 Å². The van der Waals surface area contributed by atoms with Crippen molar-refractivity contribution in [3.63, 3.8) is 0 Å². The number of benzene rings is 7. The number of thiophene rings is 1. The lowest BCUT2D eigenvalue weighted by Crippen LogP contribution is -2.28. The normalized spacial score (nSPS) is 14.5. The molecule has 0 radical (unpaired) electrons. The molecule has 2 unspecified atom stereocenters. The number of anilines is 2. The van der Waals surface area contributed by atoms with Crippen LogP contribution in [0, 0.1) is 26.6 Å². The number of carbonyl (C=O) groups excluding carboxylic acids is 4. The molecule has 436 valence electrons. The van der Waals surface area contributed by atoms with E-state index < -0.39 is 5.82 Å². The van der Waals surface area contributed by atoms with E-state index in [4.69, 9.17) is 16.3 Å². The van der Waals surface area contributed by atoms with Gasteiger partial charge in [-0.1, -0.05) is 128 Å². The van der Waals surface area contributed by atoms with Crippen LogP contribution in [0.5, 0.6) is 11.5 Å². The van der Waals surface area contributed by atoms with Crippen molar-refractivity contribution in [3.8, 4) is 11.5 Å². The lowest BCUT2D eigenvalue weighted by Gasteiger charge is -2.26. The fourth-order valence-electron chi connectivity index (χ4n) is 10.0. The predicted molar refractivity (Wildman–Crippen MR) is 353 cm³/mol. The van der Waals surface area contributed by atoms with Crippen LogP contribution in [-0.2, 0) is 22.4 Å². The summed E-state index contributed by atoms with van der Waals surface area (Å²) in [4.78, 5) is 59.5. The van der Waals surface area contributed by atoms with Crippen molar-refractivity contribution in [1.82, 2.24) is 20.6 Å². The first-order valence-corrected chi connectivity index (χ1v) is 32.0. The highest BCUT2D eigenvalue weighted by molar-refractivity contribution is 9.10. The summed E-state index contributed by atoms with van der Waals surface area (Å²) in [5, 5.41) is 20.4. The molecule has 2 aliphatic rings. The number of phenolic OH excluding ortho intramolecular Hbond substituents is 1. The molecule has 2 aliphatic heterocycles. The number of nitrogens with one attached hydrogen (secondary N) is 4. The number of hydrogen-bond acceptors (Lipinski definition) is 9. The fourth-order valence-corrected chi connectivity index (χ4v) is 14.0. The highest BCUT2D eigenvalue weighted by Gasteiger charge is 2.37. The lowest BCUT2D eigenvalue weighted by atomic mass is 10.1. The average molecular weight is 1340 g/mol. The Kier molecular flexibility index (Phi) is 21.4. The van der Waals surface area contributed by atoms with Crippen molar-refractivity contribution in [2.75, 3.05) is 41.5 Å². The minimum atomic E-state index is -0.497. The number of aromatic nitrogens is 2. The summed E-state index contributed by atoms with van der Waals surface area (Å²) >= 11 is 17.6. The Morgan fingerprint density at radius 1 is 0.647 bits per heavy atom. The van der Waals surface area contributed by atoms with Gasteiger partial charge in [0.1, 0.15) is 28.1 Å². The predicted octanol–water partition coefficient (Wildman–Crippen LogP) is 16.2. The third-order valence-corrected chi connectivity index (χ3v) is 18.5. The second kappa shape index (κ2) is 29.2. The minimum absolute atomic E-state index is 0.0116. The molecule has 5 heterocycles. The van der Waals surface area contributed by atoms with E-state index in [0.29, 0.717) is 41.7 Å². The first-order chi connectivity index (χ1) is 41.1. The number of carbonyl (C=O) groups is 4. The van der Waals surface area contributed by atoms with Crippen molar-refractivity contribution < 1.29 is 33.4 Å². The zero-order valence-electron chi connectivity index (χ0n) is 46.8. The van der Waals surface area contributed by atoms with Crippen LogP contribution in [0.25, 0.3) is 21.8 Å². The summed E-state index contributed by atoms with van der Waals surface area (Å²) < 4.78 is 21.0. The van der Waals surface area contributed by atoms with Crippen molar-refractivity contribution in [3.05, 3.63) is 245 Å². The topological polar surface area (TPSA) is 160 Å². The quantitative estimate of drug-likeness (QED) is 0.0763. The van der Waals surface area contributed by atoms with Crippen LogP contribution in [0.15, 0.2) is 184 Å². The molecule has 12 nitrogen and oxygen atoms in total. The molecule has 3 aromatic heterocycles. The molecule has 4 amide bonds. The number of H-pyrrole nitrogens is 2. The Bertz CT molecular complexity index is 4010. The highest BCUT2D eigenvalue weighted by Crippen LogP contribution is 2.47. The van der Waals surface area contributed by atoms with Crippen LogP contribution >= 0.6 is 78.3 Å². The average Bonchev–Trinajstić information content (AvgIpc) is 3.12. The first kappa shape index (κ1) is 62.2. The molecular formula is C66H60Br2ClFN6O6S3. The van der Waals surface area contributed by atoms with E-state index in [9.17, 15) is 28.7 Å². The number of methoxy groups -OCH3 is 1. The van der Waals surface area contributed by atoms with E-state index in [1.807, 2.05) is 121 Å². The highest BCUT2D eigenvalue weighted by atomic mass is 79.9. The number of rotatable bonds is 13. The van der Waals surface area contributed by atoms with Crippen LogP contribution in [0.4, 0.5) is 15.8 Å². The Morgan fingerprint density at radius 2 is 1.19 bits per heavy atom. The Morgan fingerprint density at radius 3 is 1.73 bits per heavy atom. The molecule has 0 spiro atoms. The van der Waals surface area contributed by atoms with E-state index in [-0.39, 0.29) is 45.7 Å². The van der Waals surface area contributed by atoms with E-state index in [0.717, 1.165) is 65.1 Å². The third kappa shape index (κ3) is 15.4. The number of fused-ring (bicyclic) bond motifs is 2. The Labute approximate surface area is 527 Å². The smallest absolute Gasteiger partial charge is 0.261 e. The molecule has 12 rings (SSSR count). The number of hydrogen-bond donors (Lipinski definition) is 5. The van der Waals surface area contributed by atoms with E-state index in [2.05, 4.69) is 89.7 Å². The molecule has 19 heteroatoms. The maximum Gasteiger partial charge on any atom is 0.261 e. The largest absolute Gasteiger partial charge is 0.506 e. The zero-order valence-corrected chi connectivity index (χ0v) is 53.1. The summed E-state index contributed by atoms with van der Waals surface area (Å²) in [6, 6.07) is 52.6. The van der Waals surface area contributed by atoms with Crippen LogP contribution in [0.1, 0.15) is 70.0 Å². The minimum Gasteiger partial charge on any atom is -0.506 e.